The minimum atomic E-state index is -0.250. The number of rotatable bonds is 0. The molecule has 1 N–H and O–H groups in total. The first-order valence-electron chi connectivity index (χ1n) is 2.72. The maximum Gasteiger partial charge on any atom is 0.290 e. The highest BCUT2D eigenvalue weighted by molar-refractivity contribution is 6.14. The first-order valence-corrected chi connectivity index (χ1v) is 2.72. The first-order chi connectivity index (χ1) is 5.20. The van der Waals surface area contributed by atoms with Crippen LogP contribution in [0.5, 0.6) is 0 Å². The molecule has 0 radical (unpaired) electrons. The lowest BCUT2D eigenvalue weighted by Crippen LogP contribution is -1.97. The molecule has 0 aromatic carbocycles. The number of ketones is 2. The second-order valence-electron chi connectivity index (χ2n) is 1.58. The van der Waals surface area contributed by atoms with Crippen molar-refractivity contribution in [2.75, 3.05) is 0 Å². The molecule has 0 unspecified atom stereocenters. The third-order valence-corrected chi connectivity index (χ3v) is 0.824. The Balaban J connectivity index is 0.000000292. The molecule has 1 aliphatic carbocycles. The Hall–Kier alpha value is -1.71. The predicted molar refractivity (Wildman–Crippen MR) is 37.0 cm³/mol. The summed E-state index contributed by atoms with van der Waals surface area (Å²) in [5.74, 6) is -0.241. The quantitative estimate of drug-likeness (QED) is 0.392. The maximum absolute atomic E-state index is 10.3. The minimum Gasteiger partial charge on any atom is -0.483 e. The van der Waals surface area contributed by atoms with Crippen molar-refractivity contribution in [3.05, 3.63) is 24.3 Å². The van der Waals surface area contributed by atoms with E-state index >= 15 is 0 Å². The monoisotopic (exact) mass is 154 g/mol. The Morgan fingerprint density at radius 2 is 1.18 bits per heavy atom. The zero-order chi connectivity index (χ0) is 8.69. The third-order valence-electron chi connectivity index (χ3n) is 0.824. The molecule has 0 aliphatic heterocycles. The average molecular weight is 154 g/mol. The van der Waals surface area contributed by atoms with Crippen LogP contribution in [0.3, 0.4) is 0 Å². The zero-order valence-corrected chi connectivity index (χ0v) is 5.56. The van der Waals surface area contributed by atoms with Crippen molar-refractivity contribution in [1.29, 1.82) is 0 Å². The molecule has 0 aromatic heterocycles. The van der Waals surface area contributed by atoms with Crippen LogP contribution in [0.25, 0.3) is 0 Å². The Kier molecular flexibility index (Phi) is 4.31. The smallest absolute Gasteiger partial charge is 0.290 e. The van der Waals surface area contributed by atoms with Gasteiger partial charge < -0.3 is 5.11 Å². The second kappa shape index (κ2) is 5.10. The summed E-state index contributed by atoms with van der Waals surface area (Å²) in [7, 11) is 0. The fraction of sp³-hybridized carbons (Fsp3) is 0. The second-order valence-corrected chi connectivity index (χ2v) is 1.58. The van der Waals surface area contributed by atoms with E-state index in [1.165, 1.54) is 24.3 Å². The molecular formula is C7H6O4. The fourth-order valence-corrected chi connectivity index (χ4v) is 0.440. The molecule has 0 atom stereocenters. The van der Waals surface area contributed by atoms with E-state index in [-0.39, 0.29) is 18.0 Å². The van der Waals surface area contributed by atoms with Crippen LogP contribution >= 0.6 is 0 Å². The SMILES string of the molecule is O=C1C=CC(=O)C=C1.O=CO. The van der Waals surface area contributed by atoms with Crippen molar-refractivity contribution in [3.63, 3.8) is 0 Å². The van der Waals surface area contributed by atoms with Crippen molar-refractivity contribution in [2.45, 2.75) is 0 Å². The van der Waals surface area contributed by atoms with Crippen LogP contribution in [0, 0.1) is 0 Å². The molecule has 11 heavy (non-hydrogen) atoms. The van der Waals surface area contributed by atoms with Crippen LogP contribution in [0.2, 0.25) is 0 Å². The van der Waals surface area contributed by atoms with Gasteiger partial charge in [0, 0.05) is 0 Å². The standard InChI is InChI=1S/C6H4O2.CH2O2/c7-5-1-2-6(8)4-3-5;2-1-3/h1-4H;1H,(H,2,3). The van der Waals surface area contributed by atoms with E-state index in [0.717, 1.165) is 0 Å². The first kappa shape index (κ1) is 9.29. The maximum atomic E-state index is 10.3. The number of carbonyl (C=O) groups is 3. The largest absolute Gasteiger partial charge is 0.483 e. The molecule has 0 bridgehead atoms. The van der Waals surface area contributed by atoms with Gasteiger partial charge >= 0.3 is 0 Å². The van der Waals surface area contributed by atoms with Crippen LogP contribution in [-0.2, 0) is 14.4 Å². The number of carboxylic acid groups (broad SMARTS) is 1. The summed E-state index contributed by atoms with van der Waals surface area (Å²) in [5, 5.41) is 6.89. The topological polar surface area (TPSA) is 71.4 Å². The Bertz CT molecular complexity index is 187. The van der Waals surface area contributed by atoms with Gasteiger partial charge in [-0.1, -0.05) is 0 Å². The van der Waals surface area contributed by atoms with Crippen LogP contribution in [-0.4, -0.2) is 23.1 Å². The van der Waals surface area contributed by atoms with Crippen LogP contribution < -0.4 is 0 Å². The van der Waals surface area contributed by atoms with Gasteiger partial charge in [-0.15, -0.1) is 0 Å². The summed E-state index contributed by atoms with van der Waals surface area (Å²) in [6.07, 6.45) is 5.01. The van der Waals surface area contributed by atoms with Gasteiger partial charge in [-0.05, 0) is 24.3 Å². The van der Waals surface area contributed by atoms with Crippen molar-refractivity contribution in [1.82, 2.24) is 0 Å². The summed E-state index contributed by atoms with van der Waals surface area (Å²) >= 11 is 0. The summed E-state index contributed by atoms with van der Waals surface area (Å²) in [5.41, 5.74) is 0. The van der Waals surface area contributed by atoms with Gasteiger partial charge in [0.1, 0.15) is 0 Å². The summed E-state index contributed by atoms with van der Waals surface area (Å²) in [4.78, 5) is 28.9. The van der Waals surface area contributed by atoms with E-state index in [4.69, 9.17) is 9.90 Å². The molecule has 0 aromatic rings. The van der Waals surface area contributed by atoms with Gasteiger partial charge in [-0.3, -0.25) is 14.4 Å². The predicted octanol–water partition coefficient (Wildman–Crippen LogP) is -0.0486. The highest BCUT2D eigenvalue weighted by Crippen LogP contribution is 1.90. The molecule has 0 saturated heterocycles. The number of allylic oxidation sites excluding steroid dienone is 4. The number of carbonyl (C=O) groups excluding carboxylic acids is 2. The van der Waals surface area contributed by atoms with Gasteiger partial charge in [0.2, 0.25) is 0 Å². The van der Waals surface area contributed by atoms with Crippen LogP contribution in [0.15, 0.2) is 24.3 Å². The van der Waals surface area contributed by atoms with Crippen molar-refractivity contribution < 1.29 is 19.5 Å². The normalized spacial score (nSPS) is 13.8. The lowest BCUT2D eigenvalue weighted by molar-refractivity contribution is -0.123. The molecule has 4 heteroatoms. The molecule has 1 rings (SSSR count). The van der Waals surface area contributed by atoms with E-state index in [1.807, 2.05) is 0 Å². The molecule has 0 saturated carbocycles. The summed E-state index contributed by atoms with van der Waals surface area (Å²) in [6.45, 7) is -0.250. The van der Waals surface area contributed by atoms with E-state index in [0.29, 0.717) is 0 Å². The Morgan fingerprint density at radius 3 is 1.36 bits per heavy atom. The van der Waals surface area contributed by atoms with Crippen molar-refractivity contribution >= 4 is 18.0 Å². The summed E-state index contributed by atoms with van der Waals surface area (Å²) in [6, 6.07) is 0. The Morgan fingerprint density at radius 1 is 1.00 bits per heavy atom. The van der Waals surface area contributed by atoms with E-state index in [2.05, 4.69) is 0 Å². The molecule has 4 nitrogen and oxygen atoms in total. The lowest BCUT2D eigenvalue weighted by atomic mass is 10.2. The zero-order valence-electron chi connectivity index (χ0n) is 5.56. The molecule has 0 heterocycles. The van der Waals surface area contributed by atoms with Gasteiger partial charge in [0.15, 0.2) is 11.6 Å². The highest BCUT2D eigenvalue weighted by Gasteiger charge is 1.97. The van der Waals surface area contributed by atoms with E-state index < -0.39 is 0 Å². The van der Waals surface area contributed by atoms with Crippen LogP contribution in [0.1, 0.15) is 0 Å². The molecule has 58 valence electrons. The van der Waals surface area contributed by atoms with Gasteiger partial charge in [-0.25, -0.2) is 0 Å². The molecule has 0 amide bonds. The Labute approximate surface area is 62.8 Å². The fourth-order valence-electron chi connectivity index (χ4n) is 0.440. The van der Waals surface area contributed by atoms with Gasteiger partial charge in [-0.2, -0.15) is 0 Å². The van der Waals surface area contributed by atoms with Gasteiger partial charge in [0.05, 0.1) is 0 Å². The molecule has 0 spiro atoms. The number of hydrogen-bond donors (Lipinski definition) is 1. The lowest BCUT2D eigenvalue weighted by Gasteiger charge is -1.87. The summed E-state index contributed by atoms with van der Waals surface area (Å²) < 4.78 is 0. The third kappa shape index (κ3) is 4.77. The van der Waals surface area contributed by atoms with Crippen molar-refractivity contribution in [2.24, 2.45) is 0 Å². The highest BCUT2D eigenvalue weighted by atomic mass is 16.3. The van der Waals surface area contributed by atoms with Gasteiger partial charge in [0.25, 0.3) is 6.47 Å². The van der Waals surface area contributed by atoms with Crippen LogP contribution in [0.4, 0.5) is 0 Å². The molecule has 0 fully saturated rings. The van der Waals surface area contributed by atoms with Crippen molar-refractivity contribution in [3.8, 4) is 0 Å². The minimum absolute atomic E-state index is 0.121. The molecule has 1 aliphatic rings. The number of hydrogen-bond acceptors (Lipinski definition) is 3. The molecular weight excluding hydrogens is 148 g/mol. The average Bonchev–Trinajstić information content (AvgIpc) is 1.97. The van der Waals surface area contributed by atoms with E-state index in [1.54, 1.807) is 0 Å². The van der Waals surface area contributed by atoms with E-state index in [9.17, 15) is 9.59 Å².